The van der Waals surface area contributed by atoms with E-state index >= 15 is 0 Å². The summed E-state index contributed by atoms with van der Waals surface area (Å²) in [6.45, 7) is 0.512. The van der Waals surface area contributed by atoms with E-state index in [1.54, 1.807) is 25.3 Å². The molecule has 1 fully saturated rings. The summed E-state index contributed by atoms with van der Waals surface area (Å²) in [6, 6.07) is 14.1. The van der Waals surface area contributed by atoms with Crippen molar-refractivity contribution >= 4 is 17.3 Å². The second kappa shape index (κ2) is 9.36. The maximum atomic E-state index is 12.5. The first-order valence-electron chi connectivity index (χ1n) is 9.12. The van der Waals surface area contributed by atoms with Gasteiger partial charge in [0.25, 0.3) is 5.91 Å². The summed E-state index contributed by atoms with van der Waals surface area (Å²) in [4.78, 5) is 15.7. The molecular formula is C20H24F2N3O3+. The van der Waals surface area contributed by atoms with Crippen LogP contribution in [-0.4, -0.2) is 52.4 Å². The number of carbonyl (C=O) groups is 1. The Morgan fingerprint density at radius 2 is 1.75 bits per heavy atom. The molecule has 0 atom stereocenters. The van der Waals surface area contributed by atoms with Crippen molar-refractivity contribution in [2.24, 2.45) is 0 Å². The van der Waals surface area contributed by atoms with E-state index in [-0.39, 0.29) is 23.9 Å². The van der Waals surface area contributed by atoms with Gasteiger partial charge >= 0.3 is 6.61 Å². The van der Waals surface area contributed by atoms with Gasteiger partial charge in [-0.2, -0.15) is 8.78 Å². The molecule has 150 valence electrons. The Labute approximate surface area is 162 Å². The van der Waals surface area contributed by atoms with Crippen LogP contribution in [0, 0.1) is 0 Å². The molecule has 0 aromatic heterocycles. The molecule has 3 rings (SSSR count). The van der Waals surface area contributed by atoms with Crippen molar-refractivity contribution in [3.8, 4) is 11.5 Å². The van der Waals surface area contributed by atoms with Crippen LogP contribution in [0.3, 0.4) is 0 Å². The summed E-state index contributed by atoms with van der Waals surface area (Å²) in [5.74, 6) is 0.562. The van der Waals surface area contributed by atoms with Gasteiger partial charge in [0.05, 0.1) is 44.7 Å². The first-order valence-corrected chi connectivity index (χ1v) is 9.12. The van der Waals surface area contributed by atoms with Crippen molar-refractivity contribution < 1.29 is 27.9 Å². The van der Waals surface area contributed by atoms with Crippen molar-refractivity contribution in [3.05, 3.63) is 48.5 Å². The summed E-state index contributed by atoms with van der Waals surface area (Å²) < 4.78 is 34.8. The van der Waals surface area contributed by atoms with Crippen LogP contribution in [0.25, 0.3) is 0 Å². The fourth-order valence-corrected chi connectivity index (χ4v) is 3.32. The smallest absolute Gasteiger partial charge is 0.387 e. The number of methoxy groups -OCH3 is 1. The van der Waals surface area contributed by atoms with Crippen molar-refractivity contribution in [1.29, 1.82) is 0 Å². The van der Waals surface area contributed by atoms with Gasteiger partial charge in [-0.3, -0.25) is 4.79 Å². The van der Waals surface area contributed by atoms with Crippen molar-refractivity contribution in [1.82, 2.24) is 0 Å². The molecule has 1 heterocycles. The number of ether oxygens (including phenoxy) is 2. The SMILES string of the molecule is COc1ccccc1N1CC[NH+](CC(=O)Nc2ccccc2OC(F)F)CC1. The monoisotopic (exact) mass is 392 g/mol. The third-order valence-electron chi connectivity index (χ3n) is 4.68. The number of quaternary nitrogens is 1. The van der Waals surface area contributed by atoms with E-state index in [2.05, 4.69) is 15.0 Å². The van der Waals surface area contributed by atoms with E-state index in [4.69, 9.17) is 4.74 Å². The molecule has 0 unspecified atom stereocenters. The number of hydrogen-bond acceptors (Lipinski definition) is 4. The third-order valence-corrected chi connectivity index (χ3v) is 4.68. The number of nitrogens with one attached hydrogen (secondary N) is 2. The van der Waals surface area contributed by atoms with Crippen LogP contribution in [0.1, 0.15) is 0 Å². The maximum Gasteiger partial charge on any atom is 0.387 e. The highest BCUT2D eigenvalue weighted by molar-refractivity contribution is 5.92. The van der Waals surface area contributed by atoms with Crippen LogP contribution >= 0.6 is 0 Å². The highest BCUT2D eigenvalue weighted by atomic mass is 19.3. The number of anilines is 2. The molecule has 0 bridgehead atoms. The standard InChI is InChI=1S/C20H23F2N3O3/c1-27-18-9-5-3-7-16(18)25-12-10-24(11-13-25)14-19(26)23-15-6-2-4-8-17(15)28-20(21)22/h2-9,20H,10-14H2,1H3,(H,23,26)/p+1. The predicted molar refractivity (Wildman–Crippen MR) is 102 cm³/mol. The lowest BCUT2D eigenvalue weighted by atomic mass is 10.2. The second-order valence-electron chi connectivity index (χ2n) is 6.51. The van der Waals surface area contributed by atoms with Gasteiger partial charge in [0, 0.05) is 0 Å². The Morgan fingerprint density at radius 1 is 1.11 bits per heavy atom. The molecule has 0 aliphatic carbocycles. The van der Waals surface area contributed by atoms with Crippen LogP contribution in [0.15, 0.2) is 48.5 Å². The number of benzene rings is 2. The molecule has 0 radical (unpaired) electrons. The van der Waals surface area contributed by atoms with Crippen LogP contribution in [-0.2, 0) is 4.79 Å². The molecule has 1 aliphatic heterocycles. The predicted octanol–water partition coefficient (Wildman–Crippen LogP) is 1.64. The molecule has 1 saturated heterocycles. The lowest BCUT2D eigenvalue weighted by Gasteiger charge is -2.34. The van der Waals surface area contributed by atoms with Gasteiger partial charge in [-0.05, 0) is 24.3 Å². The summed E-state index contributed by atoms with van der Waals surface area (Å²) in [5.41, 5.74) is 1.30. The minimum Gasteiger partial charge on any atom is -0.495 e. The normalized spacial score (nSPS) is 14.8. The summed E-state index contributed by atoms with van der Waals surface area (Å²) >= 11 is 0. The largest absolute Gasteiger partial charge is 0.495 e. The van der Waals surface area contributed by atoms with Crippen molar-refractivity contribution in [2.45, 2.75) is 6.61 Å². The Bertz CT molecular complexity index is 796. The van der Waals surface area contributed by atoms with E-state index in [0.717, 1.165) is 42.5 Å². The minimum absolute atomic E-state index is 0.0400. The van der Waals surface area contributed by atoms with Crippen molar-refractivity contribution in [2.75, 3.05) is 50.1 Å². The Morgan fingerprint density at radius 3 is 2.43 bits per heavy atom. The van der Waals surface area contributed by atoms with E-state index < -0.39 is 6.61 Å². The molecule has 0 saturated carbocycles. The zero-order valence-electron chi connectivity index (χ0n) is 15.7. The van der Waals surface area contributed by atoms with E-state index in [9.17, 15) is 13.6 Å². The van der Waals surface area contributed by atoms with E-state index in [0.29, 0.717) is 0 Å². The number of rotatable bonds is 7. The molecule has 1 amide bonds. The summed E-state index contributed by atoms with van der Waals surface area (Å²) in [7, 11) is 1.65. The van der Waals surface area contributed by atoms with Gasteiger partial charge in [-0.15, -0.1) is 0 Å². The number of para-hydroxylation sites is 4. The topological polar surface area (TPSA) is 55.2 Å². The van der Waals surface area contributed by atoms with Crippen LogP contribution in [0.2, 0.25) is 0 Å². The number of piperazine rings is 1. The lowest BCUT2D eigenvalue weighted by molar-refractivity contribution is -0.892. The Hall–Kier alpha value is -2.87. The quantitative estimate of drug-likeness (QED) is 0.752. The molecule has 0 spiro atoms. The molecular weight excluding hydrogens is 368 g/mol. The molecule has 28 heavy (non-hydrogen) atoms. The fraction of sp³-hybridized carbons (Fsp3) is 0.350. The van der Waals surface area contributed by atoms with Crippen LogP contribution in [0.4, 0.5) is 20.2 Å². The van der Waals surface area contributed by atoms with Gasteiger partial charge in [-0.1, -0.05) is 24.3 Å². The number of carbonyl (C=O) groups excluding carboxylic acids is 1. The number of amides is 1. The average Bonchev–Trinajstić information content (AvgIpc) is 2.69. The summed E-state index contributed by atoms with van der Waals surface area (Å²) in [5, 5.41) is 2.67. The number of alkyl halides is 2. The maximum absolute atomic E-state index is 12.5. The number of halogens is 2. The van der Waals surface area contributed by atoms with Gasteiger partial charge in [0.15, 0.2) is 6.54 Å². The first-order chi connectivity index (χ1) is 13.6. The summed E-state index contributed by atoms with van der Waals surface area (Å²) in [6.07, 6.45) is 0. The molecule has 2 aromatic rings. The zero-order valence-corrected chi connectivity index (χ0v) is 15.7. The van der Waals surface area contributed by atoms with Gasteiger partial charge in [0.1, 0.15) is 11.5 Å². The lowest BCUT2D eigenvalue weighted by Crippen LogP contribution is -3.15. The number of nitrogens with zero attached hydrogens (tertiary/aromatic N) is 1. The van der Waals surface area contributed by atoms with Gasteiger partial charge in [-0.25, -0.2) is 0 Å². The van der Waals surface area contributed by atoms with Crippen molar-refractivity contribution in [3.63, 3.8) is 0 Å². The molecule has 2 aromatic carbocycles. The Balaban J connectivity index is 1.53. The molecule has 6 nitrogen and oxygen atoms in total. The van der Waals surface area contributed by atoms with Gasteiger partial charge < -0.3 is 24.6 Å². The third kappa shape index (κ3) is 5.10. The molecule has 2 N–H and O–H groups in total. The minimum atomic E-state index is -2.94. The number of hydrogen-bond donors (Lipinski definition) is 2. The Kier molecular flexibility index (Phi) is 6.65. The van der Waals surface area contributed by atoms with Gasteiger partial charge in [0.2, 0.25) is 0 Å². The first kappa shape index (κ1) is 19.9. The zero-order chi connectivity index (χ0) is 19.9. The molecule has 8 heteroatoms. The second-order valence-corrected chi connectivity index (χ2v) is 6.51. The fourth-order valence-electron chi connectivity index (χ4n) is 3.32. The highest BCUT2D eigenvalue weighted by Crippen LogP contribution is 2.27. The van der Waals surface area contributed by atoms with E-state index in [1.165, 1.54) is 6.07 Å². The van der Waals surface area contributed by atoms with Crippen LogP contribution < -0.4 is 24.6 Å². The van der Waals surface area contributed by atoms with E-state index in [1.807, 2.05) is 24.3 Å². The average molecular weight is 392 g/mol. The highest BCUT2D eigenvalue weighted by Gasteiger charge is 2.24. The molecule has 1 aliphatic rings. The van der Waals surface area contributed by atoms with Crippen LogP contribution in [0.5, 0.6) is 11.5 Å².